The second kappa shape index (κ2) is 7.05. The van der Waals surface area contributed by atoms with Crippen molar-refractivity contribution in [2.75, 3.05) is 13.1 Å². The third kappa shape index (κ3) is 3.61. The van der Waals surface area contributed by atoms with Gasteiger partial charge in [-0.15, -0.1) is 11.3 Å². The van der Waals surface area contributed by atoms with Crippen LogP contribution in [0.15, 0.2) is 11.4 Å². The molecule has 0 bridgehead atoms. The summed E-state index contributed by atoms with van der Waals surface area (Å²) in [4.78, 5) is 15.5. The molecule has 2 aromatic heterocycles. The van der Waals surface area contributed by atoms with Crippen LogP contribution in [0.25, 0.3) is 0 Å². The molecule has 0 unspecified atom stereocenters. The van der Waals surface area contributed by atoms with Gasteiger partial charge in [-0.05, 0) is 43.7 Å². The van der Waals surface area contributed by atoms with E-state index in [1.54, 1.807) is 0 Å². The van der Waals surface area contributed by atoms with Crippen LogP contribution in [0.5, 0.6) is 0 Å². The number of carbonyl (C=O) groups is 1. The van der Waals surface area contributed by atoms with Gasteiger partial charge >= 0.3 is 0 Å². The van der Waals surface area contributed by atoms with Crippen LogP contribution in [0, 0.1) is 13.8 Å². The molecule has 2 aromatic rings. The highest BCUT2D eigenvalue weighted by atomic mass is 35.5. The molecule has 6 heteroatoms. The zero-order valence-corrected chi connectivity index (χ0v) is 15.2. The Bertz CT molecular complexity index is 699. The van der Waals surface area contributed by atoms with E-state index in [0.29, 0.717) is 6.54 Å². The fourth-order valence-electron chi connectivity index (χ4n) is 3.00. The number of aryl methyl sites for hydroxylation is 1. The molecule has 0 spiro atoms. The van der Waals surface area contributed by atoms with E-state index in [9.17, 15) is 4.79 Å². The molecule has 1 aliphatic rings. The average molecular weight is 352 g/mol. The van der Waals surface area contributed by atoms with Gasteiger partial charge in [0.1, 0.15) is 0 Å². The molecule has 124 valence electrons. The Morgan fingerprint density at radius 3 is 2.57 bits per heavy atom. The summed E-state index contributed by atoms with van der Waals surface area (Å²) in [5.41, 5.74) is 2.92. The van der Waals surface area contributed by atoms with Gasteiger partial charge in [-0.2, -0.15) is 5.10 Å². The lowest BCUT2D eigenvalue weighted by Crippen LogP contribution is -2.31. The van der Waals surface area contributed by atoms with Crippen molar-refractivity contribution in [3.63, 3.8) is 0 Å². The molecule has 0 N–H and O–H groups in total. The van der Waals surface area contributed by atoms with Crippen LogP contribution in [0.4, 0.5) is 0 Å². The predicted molar refractivity (Wildman–Crippen MR) is 94.5 cm³/mol. The minimum Gasteiger partial charge on any atom is -0.338 e. The molecule has 3 heterocycles. The summed E-state index contributed by atoms with van der Waals surface area (Å²) in [7, 11) is 0. The Morgan fingerprint density at radius 2 is 1.96 bits per heavy atom. The molecule has 4 nitrogen and oxygen atoms in total. The van der Waals surface area contributed by atoms with Crippen LogP contribution in [-0.4, -0.2) is 33.7 Å². The first kappa shape index (κ1) is 16.5. The predicted octanol–water partition coefficient (Wildman–Crippen LogP) is 4.28. The molecular weight excluding hydrogens is 330 g/mol. The topological polar surface area (TPSA) is 38.1 Å². The first-order valence-corrected chi connectivity index (χ1v) is 9.38. The molecule has 1 aliphatic heterocycles. The first-order chi connectivity index (χ1) is 11.1. The van der Waals surface area contributed by atoms with E-state index in [2.05, 4.69) is 10.5 Å². The van der Waals surface area contributed by atoms with E-state index in [4.69, 9.17) is 11.6 Å². The number of amides is 1. The molecule has 0 aliphatic carbocycles. The molecule has 23 heavy (non-hydrogen) atoms. The van der Waals surface area contributed by atoms with Gasteiger partial charge in [0.25, 0.3) is 5.91 Å². The third-order valence-corrected chi connectivity index (χ3v) is 5.90. The fraction of sp³-hybridized carbons (Fsp3) is 0.529. The minimum absolute atomic E-state index is 0.176. The molecule has 1 amide bonds. The summed E-state index contributed by atoms with van der Waals surface area (Å²) in [6.45, 7) is 6.31. The number of thiophene rings is 1. The second-order valence-electron chi connectivity index (χ2n) is 6.17. The summed E-state index contributed by atoms with van der Waals surface area (Å²) in [6, 6.07) is 2.00. The van der Waals surface area contributed by atoms with E-state index in [-0.39, 0.29) is 5.91 Å². The molecule has 0 aromatic carbocycles. The van der Waals surface area contributed by atoms with Crippen LogP contribution < -0.4 is 0 Å². The van der Waals surface area contributed by atoms with Crippen LogP contribution in [-0.2, 0) is 6.54 Å². The van der Waals surface area contributed by atoms with Gasteiger partial charge in [-0.3, -0.25) is 9.48 Å². The van der Waals surface area contributed by atoms with Crippen LogP contribution in [0.3, 0.4) is 0 Å². The largest absolute Gasteiger partial charge is 0.338 e. The van der Waals surface area contributed by atoms with Crippen molar-refractivity contribution < 1.29 is 4.79 Å². The van der Waals surface area contributed by atoms with Crippen molar-refractivity contribution in [2.24, 2.45) is 0 Å². The van der Waals surface area contributed by atoms with E-state index >= 15 is 0 Å². The maximum Gasteiger partial charge on any atom is 0.263 e. The standard InChI is InChI=1S/C17H22ClN3OS/c1-12-16(18)13(2)21(19-12)10-14-9-15(23-11-14)17(22)20-7-5-3-4-6-8-20/h9,11H,3-8,10H2,1-2H3. The van der Waals surface area contributed by atoms with Crippen LogP contribution in [0.1, 0.15) is 52.3 Å². The van der Waals surface area contributed by atoms with E-state index in [1.807, 2.05) is 29.5 Å². The monoisotopic (exact) mass is 351 g/mol. The number of rotatable bonds is 3. The highest BCUT2D eigenvalue weighted by Gasteiger charge is 2.19. The Kier molecular flexibility index (Phi) is 5.07. The number of likely N-dealkylation sites (tertiary alicyclic amines) is 1. The van der Waals surface area contributed by atoms with Gasteiger partial charge in [0, 0.05) is 13.1 Å². The number of nitrogens with zero attached hydrogens (tertiary/aromatic N) is 3. The lowest BCUT2D eigenvalue weighted by atomic mass is 10.2. The maximum atomic E-state index is 12.6. The van der Waals surface area contributed by atoms with Crippen molar-refractivity contribution in [3.05, 3.63) is 38.3 Å². The summed E-state index contributed by atoms with van der Waals surface area (Å²) < 4.78 is 1.90. The summed E-state index contributed by atoms with van der Waals surface area (Å²) in [5.74, 6) is 0.176. The molecule has 0 saturated carbocycles. The van der Waals surface area contributed by atoms with Crippen LogP contribution in [0.2, 0.25) is 5.02 Å². The van der Waals surface area contributed by atoms with Gasteiger partial charge in [-0.25, -0.2) is 0 Å². The Labute approximate surface area is 146 Å². The third-order valence-electron chi connectivity index (χ3n) is 4.38. The average Bonchev–Trinajstić information content (AvgIpc) is 2.96. The summed E-state index contributed by atoms with van der Waals surface area (Å²) in [6.07, 6.45) is 4.71. The molecule has 0 radical (unpaired) electrons. The van der Waals surface area contributed by atoms with Crippen molar-refractivity contribution in [2.45, 2.75) is 46.1 Å². The minimum atomic E-state index is 0.176. The quantitative estimate of drug-likeness (QED) is 0.827. The highest BCUT2D eigenvalue weighted by Crippen LogP contribution is 2.23. The number of aromatic nitrogens is 2. The summed E-state index contributed by atoms with van der Waals surface area (Å²) >= 11 is 7.72. The normalized spacial score (nSPS) is 15.7. The summed E-state index contributed by atoms with van der Waals surface area (Å²) in [5, 5.41) is 7.23. The fourth-order valence-corrected chi connectivity index (χ4v) is 4.01. The molecule has 1 fully saturated rings. The maximum absolute atomic E-state index is 12.6. The second-order valence-corrected chi connectivity index (χ2v) is 7.46. The molecular formula is C17H22ClN3OS. The van der Waals surface area contributed by atoms with Gasteiger partial charge < -0.3 is 4.90 Å². The molecule has 0 atom stereocenters. The number of hydrogen-bond acceptors (Lipinski definition) is 3. The van der Waals surface area contributed by atoms with E-state index in [0.717, 1.165) is 52.8 Å². The van der Waals surface area contributed by atoms with Gasteiger partial charge in [0.05, 0.1) is 27.8 Å². The van der Waals surface area contributed by atoms with E-state index < -0.39 is 0 Å². The number of halogens is 1. The zero-order valence-electron chi connectivity index (χ0n) is 13.6. The Morgan fingerprint density at radius 1 is 1.26 bits per heavy atom. The van der Waals surface area contributed by atoms with E-state index in [1.165, 1.54) is 24.2 Å². The van der Waals surface area contributed by atoms with Crippen molar-refractivity contribution in [1.29, 1.82) is 0 Å². The van der Waals surface area contributed by atoms with Gasteiger partial charge in [0.2, 0.25) is 0 Å². The van der Waals surface area contributed by atoms with Crippen molar-refractivity contribution >= 4 is 28.8 Å². The van der Waals surface area contributed by atoms with Gasteiger partial charge in [-0.1, -0.05) is 24.4 Å². The Hall–Kier alpha value is -1.33. The smallest absolute Gasteiger partial charge is 0.263 e. The number of carbonyl (C=O) groups excluding carboxylic acids is 1. The van der Waals surface area contributed by atoms with Crippen molar-refractivity contribution in [1.82, 2.24) is 14.7 Å². The lowest BCUT2D eigenvalue weighted by molar-refractivity contribution is 0.0766. The Balaban J connectivity index is 1.72. The molecule has 1 saturated heterocycles. The van der Waals surface area contributed by atoms with Crippen LogP contribution >= 0.6 is 22.9 Å². The lowest BCUT2D eigenvalue weighted by Gasteiger charge is -2.19. The zero-order chi connectivity index (χ0) is 16.4. The highest BCUT2D eigenvalue weighted by molar-refractivity contribution is 7.12. The number of hydrogen-bond donors (Lipinski definition) is 0. The SMILES string of the molecule is Cc1nn(Cc2csc(C(=O)N3CCCCCC3)c2)c(C)c1Cl. The van der Waals surface area contributed by atoms with Crippen molar-refractivity contribution in [3.8, 4) is 0 Å². The first-order valence-electron chi connectivity index (χ1n) is 8.12. The van der Waals surface area contributed by atoms with Gasteiger partial charge in [0.15, 0.2) is 0 Å². The molecule has 3 rings (SSSR count).